The summed E-state index contributed by atoms with van der Waals surface area (Å²) in [6.45, 7) is 11.3. The number of benzene rings is 1. The number of nitrogens with one attached hydrogen (secondary N) is 2. The quantitative estimate of drug-likeness (QED) is 0.345. The molecule has 8 heteroatoms. The van der Waals surface area contributed by atoms with E-state index in [0.717, 1.165) is 19.0 Å². The van der Waals surface area contributed by atoms with Gasteiger partial charge in [-0.05, 0) is 52.9 Å². The Kier molecular flexibility index (Phi) is 10.2. The van der Waals surface area contributed by atoms with E-state index in [2.05, 4.69) is 58.9 Å². The van der Waals surface area contributed by atoms with Crippen LogP contribution in [-0.4, -0.2) is 67.2 Å². The maximum Gasteiger partial charge on any atom is 0.410 e. The molecule has 0 spiro atoms. The van der Waals surface area contributed by atoms with Crippen molar-refractivity contribution in [2.45, 2.75) is 52.4 Å². The molecule has 2 rings (SSSR count). The highest BCUT2D eigenvalue weighted by Crippen LogP contribution is 2.15. The molecular formula is C21H36IN5O2. The lowest BCUT2D eigenvalue weighted by Crippen LogP contribution is -2.63. The molecule has 7 nitrogen and oxygen atoms in total. The number of ether oxygens (including phenoxy) is 1. The lowest BCUT2D eigenvalue weighted by Gasteiger charge is -2.40. The van der Waals surface area contributed by atoms with E-state index < -0.39 is 5.60 Å². The maximum absolute atomic E-state index is 12.0. The van der Waals surface area contributed by atoms with Crippen LogP contribution in [0.4, 0.5) is 4.79 Å². The summed E-state index contributed by atoms with van der Waals surface area (Å²) in [6.07, 6.45) is -0.259. The number of aliphatic imine (C=N–C) groups is 1. The monoisotopic (exact) mass is 517 g/mol. The first-order valence-electron chi connectivity index (χ1n) is 9.91. The smallest absolute Gasteiger partial charge is 0.410 e. The van der Waals surface area contributed by atoms with Gasteiger partial charge in [0.25, 0.3) is 0 Å². The highest BCUT2D eigenvalue weighted by Gasteiger charge is 2.34. The van der Waals surface area contributed by atoms with Crippen LogP contribution in [-0.2, 0) is 17.8 Å². The Labute approximate surface area is 192 Å². The molecule has 164 valence electrons. The molecule has 1 aromatic rings. The van der Waals surface area contributed by atoms with Crippen molar-refractivity contribution in [3.63, 3.8) is 0 Å². The Balaban J connectivity index is 0.00000420. The SMILES string of the molecule is CCNC(=NCc1ccc(CN(C)C)cc1)NC1CN(C(=O)OC(C)(C)C)C1.I. The first-order valence-corrected chi connectivity index (χ1v) is 9.91. The first kappa shape index (κ1) is 25.5. The van der Waals surface area contributed by atoms with E-state index in [1.807, 2.05) is 27.7 Å². The minimum Gasteiger partial charge on any atom is -0.444 e. The number of nitrogens with zero attached hydrogens (tertiary/aromatic N) is 3. The van der Waals surface area contributed by atoms with Crippen LogP contribution in [0.2, 0.25) is 0 Å². The Hall–Kier alpha value is -1.55. The number of halogens is 1. The Bertz CT molecular complexity index is 665. The van der Waals surface area contributed by atoms with Crippen LogP contribution in [0, 0.1) is 0 Å². The second kappa shape index (κ2) is 11.6. The van der Waals surface area contributed by atoms with Crippen LogP contribution < -0.4 is 10.6 Å². The molecule has 0 unspecified atom stereocenters. The number of likely N-dealkylation sites (tertiary alicyclic amines) is 1. The number of rotatable bonds is 6. The molecule has 1 aromatic carbocycles. The normalized spacial score (nSPS) is 14.9. The summed E-state index contributed by atoms with van der Waals surface area (Å²) >= 11 is 0. The highest BCUT2D eigenvalue weighted by atomic mass is 127. The molecule has 0 saturated carbocycles. The van der Waals surface area contributed by atoms with Crippen molar-refractivity contribution in [3.05, 3.63) is 35.4 Å². The third kappa shape index (κ3) is 9.20. The molecule has 0 radical (unpaired) electrons. The fraction of sp³-hybridized carbons (Fsp3) is 0.619. The summed E-state index contributed by atoms with van der Waals surface area (Å²) in [5.74, 6) is 0.772. The maximum atomic E-state index is 12.0. The van der Waals surface area contributed by atoms with Crippen LogP contribution >= 0.6 is 24.0 Å². The van der Waals surface area contributed by atoms with Gasteiger partial charge < -0.3 is 25.2 Å². The van der Waals surface area contributed by atoms with Gasteiger partial charge in [-0.25, -0.2) is 9.79 Å². The van der Waals surface area contributed by atoms with Crippen molar-refractivity contribution in [1.29, 1.82) is 0 Å². The number of amides is 1. The Morgan fingerprint density at radius 1 is 1.21 bits per heavy atom. The van der Waals surface area contributed by atoms with E-state index in [-0.39, 0.29) is 36.1 Å². The van der Waals surface area contributed by atoms with Gasteiger partial charge in [-0.1, -0.05) is 24.3 Å². The molecule has 1 amide bonds. The molecule has 1 aliphatic heterocycles. The third-order valence-electron chi connectivity index (χ3n) is 4.16. The zero-order valence-corrected chi connectivity index (χ0v) is 20.8. The van der Waals surface area contributed by atoms with Crippen LogP contribution in [0.25, 0.3) is 0 Å². The molecule has 1 saturated heterocycles. The Morgan fingerprint density at radius 2 is 1.79 bits per heavy atom. The molecule has 1 aliphatic rings. The second-order valence-corrected chi connectivity index (χ2v) is 8.48. The minimum absolute atomic E-state index is 0. The van der Waals surface area contributed by atoms with E-state index in [1.165, 1.54) is 11.1 Å². The topological polar surface area (TPSA) is 69.2 Å². The summed E-state index contributed by atoms with van der Waals surface area (Å²) in [4.78, 5) is 20.6. The second-order valence-electron chi connectivity index (χ2n) is 8.48. The lowest BCUT2D eigenvalue weighted by molar-refractivity contribution is 0.00701. The van der Waals surface area contributed by atoms with Gasteiger partial charge in [0.15, 0.2) is 5.96 Å². The average molecular weight is 517 g/mol. The zero-order chi connectivity index (χ0) is 20.7. The summed E-state index contributed by atoms with van der Waals surface area (Å²) in [6, 6.07) is 8.73. The summed E-state index contributed by atoms with van der Waals surface area (Å²) in [5, 5.41) is 6.66. The van der Waals surface area contributed by atoms with Gasteiger partial charge in [0.05, 0.1) is 12.6 Å². The molecule has 0 aliphatic carbocycles. The zero-order valence-electron chi connectivity index (χ0n) is 18.5. The lowest BCUT2D eigenvalue weighted by atomic mass is 10.1. The van der Waals surface area contributed by atoms with Crippen molar-refractivity contribution in [2.24, 2.45) is 4.99 Å². The van der Waals surface area contributed by atoms with Gasteiger partial charge >= 0.3 is 6.09 Å². The molecule has 0 atom stereocenters. The van der Waals surface area contributed by atoms with Gasteiger partial charge in [0.1, 0.15) is 5.60 Å². The van der Waals surface area contributed by atoms with Crippen molar-refractivity contribution in [3.8, 4) is 0 Å². The molecule has 1 heterocycles. The predicted molar refractivity (Wildman–Crippen MR) is 129 cm³/mol. The van der Waals surface area contributed by atoms with Crippen molar-refractivity contribution in [2.75, 3.05) is 33.7 Å². The number of guanidine groups is 1. The van der Waals surface area contributed by atoms with Crippen molar-refractivity contribution < 1.29 is 9.53 Å². The summed E-state index contributed by atoms with van der Waals surface area (Å²) < 4.78 is 5.39. The molecule has 2 N–H and O–H groups in total. The largest absolute Gasteiger partial charge is 0.444 e. The van der Waals surface area contributed by atoms with Crippen molar-refractivity contribution >= 4 is 36.0 Å². The number of hydrogen-bond donors (Lipinski definition) is 2. The molecule has 0 bridgehead atoms. The van der Waals surface area contributed by atoms with Crippen LogP contribution in [0.15, 0.2) is 29.3 Å². The number of carbonyl (C=O) groups excluding carboxylic acids is 1. The van der Waals surface area contributed by atoms with E-state index in [4.69, 9.17) is 4.74 Å². The fourth-order valence-corrected chi connectivity index (χ4v) is 2.84. The third-order valence-corrected chi connectivity index (χ3v) is 4.16. The summed E-state index contributed by atoms with van der Waals surface area (Å²) in [7, 11) is 4.13. The Morgan fingerprint density at radius 3 is 2.31 bits per heavy atom. The van der Waals surface area contributed by atoms with E-state index in [0.29, 0.717) is 19.6 Å². The minimum atomic E-state index is -0.464. The van der Waals surface area contributed by atoms with E-state index >= 15 is 0 Å². The number of carbonyl (C=O) groups is 1. The summed E-state index contributed by atoms with van der Waals surface area (Å²) in [5.41, 5.74) is 2.00. The van der Waals surface area contributed by atoms with Crippen molar-refractivity contribution in [1.82, 2.24) is 20.4 Å². The van der Waals surface area contributed by atoms with Crippen LogP contribution in [0.3, 0.4) is 0 Å². The van der Waals surface area contributed by atoms with Gasteiger partial charge in [-0.15, -0.1) is 24.0 Å². The first-order chi connectivity index (χ1) is 13.2. The predicted octanol–water partition coefficient (Wildman–Crippen LogP) is 3.04. The van der Waals surface area contributed by atoms with Gasteiger partial charge in [-0.3, -0.25) is 0 Å². The van der Waals surface area contributed by atoms with Gasteiger partial charge in [0.2, 0.25) is 0 Å². The van der Waals surface area contributed by atoms with E-state index in [9.17, 15) is 4.79 Å². The highest BCUT2D eigenvalue weighted by molar-refractivity contribution is 14.0. The molecular weight excluding hydrogens is 481 g/mol. The molecule has 29 heavy (non-hydrogen) atoms. The van der Waals surface area contributed by atoms with Gasteiger partial charge in [-0.2, -0.15) is 0 Å². The number of hydrogen-bond acceptors (Lipinski definition) is 4. The van der Waals surface area contributed by atoms with Crippen LogP contribution in [0.1, 0.15) is 38.8 Å². The van der Waals surface area contributed by atoms with Crippen LogP contribution in [0.5, 0.6) is 0 Å². The molecule has 1 fully saturated rings. The standard InChI is InChI=1S/C21H35N5O2.HI/c1-7-22-19(23-12-16-8-10-17(11-9-16)13-25(5)6)24-18-14-26(15-18)20(27)28-21(2,3)4;/h8-11,18H,7,12-15H2,1-6H3,(H2,22,23,24);1H. The molecule has 0 aromatic heterocycles. The average Bonchev–Trinajstić information content (AvgIpc) is 2.54. The van der Waals surface area contributed by atoms with Gasteiger partial charge in [0, 0.05) is 26.2 Å². The van der Waals surface area contributed by atoms with E-state index in [1.54, 1.807) is 4.90 Å². The fourth-order valence-electron chi connectivity index (χ4n) is 2.84.